The summed E-state index contributed by atoms with van der Waals surface area (Å²) in [5.41, 5.74) is 1.90. The van der Waals surface area contributed by atoms with Crippen LogP contribution in [0.4, 0.5) is 4.79 Å². The average Bonchev–Trinajstić information content (AvgIpc) is 3.34. The van der Waals surface area contributed by atoms with E-state index in [1.54, 1.807) is 6.07 Å². The molecule has 2 atom stereocenters. The predicted octanol–water partition coefficient (Wildman–Crippen LogP) is 1.59. The van der Waals surface area contributed by atoms with Gasteiger partial charge in [-0.3, -0.25) is 14.5 Å². The summed E-state index contributed by atoms with van der Waals surface area (Å²) in [6.07, 6.45) is 1.83. The lowest BCUT2D eigenvalue weighted by Crippen LogP contribution is -2.45. The van der Waals surface area contributed by atoms with Crippen LogP contribution >= 0.6 is 0 Å². The summed E-state index contributed by atoms with van der Waals surface area (Å²) in [6.45, 7) is 0.155. The van der Waals surface area contributed by atoms with Crippen molar-refractivity contribution >= 4 is 28.7 Å². The Morgan fingerprint density at radius 3 is 2.75 bits per heavy atom. The first-order valence-electron chi connectivity index (χ1n) is 10.4. The molecule has 32 heavy (non-hydrogen) atoms. The largest absolute Gasteiger partial charge is 0.486 e. The first kappa shape index (κ1) is 19.9. The normalized spacial score (nSPS) is 19.8. The minimum atomic E-state index is -0.707. The van der Waals surface area contributed by atoms with Gasteiger partial charge in [0.05, 0.1) is 6.54 Å². The van der Waals surface area contributed by atoms with Crippen molar-refractivity contribution < 1.29 is 23.9 Å². The number of hydrogen-bond acceptors (Lipinski definition) is 5. The second-order valence-electron chi connectivity index (χ2n) is 7.79. The average molecular weight is 434 g/mol. The van der Waals surface area contributed by atoms with Crippen LogP contribution < -0.4 is 20.1 Å². The van der Waals surface area contributed by atoms with Crippen molar-refractivity contribution in [2.45, 2.75) is 18.6 Å². The Kier molecular flexibility index (Phi) is 5.14. The molecule has 164 valence electrons. The highest BCUT2D eigenvalue weighted by molar-refractivity contribution is 6.06. The van der Waals surface area contributed by atoms with Gasteiger partial charge in [0.2, 0.25) is 5.91 Å². The van der Waals surface area contributed by atoms with Crippen molar-refractivity contribution in [2.24, 2.45) is 0 Å². The van der Waals surface area contributed by atoms with E-state index in [-0.39, 0.29) is 19.2 Å². The molecule has 3 N–H and O–H groups in total. The SMILES string of the molecule is O=C(CN1C(=O)NC(Cc2c[nH]c3ccccc23)C1=O)NCC1COc2ccccc2O1. The van der Waals surface area contributed by atoms with Gasteiger partial charge in [0, 0.05) is 23.5 Å². The Morgan fingerprint density at radius 1 is 1.09 bits per heavy atom. The van der Waals surface area contributed by atoms with Crippen LogP contribution in [0.1, 0.15) is 5.56 Å². The second-order valence-corrected chi connectivity index (χ2v) is 7.79. The molecule has 9 heteroatoms. The number of nitrogens with one attached hydrogen (secondary N) is 3. The Balaban J connectivity index is 1.15. The van der Waals surface area contributed by atoms with Crippen molar-refractivity contribution in [3.8, 4) is 11.5 Å². The molecule has 0 aliphatic carbocycles. The van der Waals surface area contributed by atoms with Gasteiger partial charge in [0.15, 0.2) is 11.5 Å². The fourth-order valence-electron chi connectivity index (χ4n) is 3.98. The van der Waals surface area contributed by atoms with Crippen molar-refractivity contribution in [3.63, 3.8) is 0 Å². The molecule has 5 rings (SSSR count). The summed E-state index contributed by atoms with van der Waals surface area (Å²) >= 11 is 0. The smallest absolute Gasteiger partial charge is 0.325 e. The first-order valence-corrected chi connectivity index (χ1v) is 10.4. The highest BCUT2D eigenvalue weighted by Crippen LogP contribution is 2.30. The molecule has 0 spiro atoms. The Hall–Kier alpha value is -4.01. The molecule has 0 radical (unpaired) electrons. The van der Waals surface area contributed by atoms with Gasteiger partial charge in [-0.15, -0.1) is 0 Å². The molecular weight excluding hydrogens is 412 g/mol. The van der Waals surface area contributed by atoms with E-state index >= 15 is 0 Å². The quantitative estimate of drug-likeness (QED) is 0.510. The standard InChI is InChI=1S/C23H22N4O5/c28-21(25-11-15-13-31-19-7-3-4-8-20(19)32-15)12-27-22(29)18(26-23(27)30)9-14-10-24-17-6-2-1-5-16(14)17/h1-8,10,15,18,24H,9,11-13H2,(H,25,28)(H,26,30). The molecule has 2 aliphatic heterocycles. The number of fused-ring (bicyclic) bond motifs is 2. The number of para-hydroxylation sites is 3. The molecule has 4 amide bonds. The van der Waals surface area contributed by atoms with Crippen molar-refractivity contribution in [3.05, 3.63) is 60.3 Å². The molecule has 1 saturated heterocycles. The van der Waals surface area contributed by atoms with Gasteiger partial charge >= 0.3 is 6.03 Å². The lowest BCUT2D eigenvalue weighted by molar-refractivity contribution is -0.132. The summed E-state index contributed by atoms with van der Waals surface area (Å²) in [5.74, 6) is 0.424. The van der Waals surface area contributed by atoms with Gasteiger partial charge in [-0.2, -0.15) is 0 Å². The van der Waals surface area contributed by atoms with E-state index in [1.807, 2.05) is 48.7 Å². The summed E-state index contributed by atoms with van der Waals surface area (Å²) < 4.78 is 11.4. The topological polar surface area (TPSA) is 113 Å². The zero-order valence-corrected chi connectivity index (χ0v) is 17.2. The summed E-state index contributed by atoms with van der Waals surface area (Å²) in [5, 5.41) is 6.39. The van der Waals surface area contributed by atoms with Crippen molar-refractivity contribution in [1.29, 1.82) is 0 Å². The number of carbonyl (C=O) groups is 3. The number of H-pyrrole nitrogens is 1. The molecule has 9 nitrogen and oxygen atoms in total. The first-order chi connectivity index (χ1) is 15.6. The number of imide groups is 1. The van der Waals surface area contributed by atoms with E-state index in [0.717, 1.165) is 21.4 Å². The number of urea groups is 1. The van der Waals surface area contributed by atoms with Gasteiger partial charge in [0.25, 0.3) is 5.91 Å². The maximum absolute atomic E-state index is 12.8. The van der Waals surface area contributed by atoms with Crippen LogP contribution in [0, 0.1) is 0 Å². The van der Waals surface area contributed by atoms with E-state index in [4.69, 9.17) is 9.47 Å². The minimum Gasteiger partial charge on any atom is -0.486 e. The molecule has 2 aliphatic rings. The van der Waals surface area contributed by atoms with Crippen molar-refractivity contribution in [2.75, 3.05) is 19.7 Å². The predicted molar refractivity (Wildman–Crippen MR) is 115 cm³/mol. The van der Waals surface area contributed by atoms with E-state index in [1.165, 1.54) is 0 Å². The zero-order chi connectivity index (χ0) is 22.1. The van der Waals surface area contributed by atoms with Gasteiger partial charge in [-0.1, -0.05) is 30.3 Å². The summed E-state index contributed by atoms with van der Waals surface area (Å²) in [7, 11) is 0. The summed E-state index contributed by atoms with van der Waals surface area (Å²) in [4.78, 5) is 41.6. The molecule has 3 aromatic rings. The number of aromatic nitrogens is 1. The third-order valence-corrected chi connectivity index (χ3v) is 5.60. The number of benzene rings is 2. The lowest BCUT2D eigenvalue weighted by atomic mass is 10.1. The van der Waals surface area contributed by atoms with E-state index < -0.39 is 23.9 Å². The van der Waals surface area contributed by atoms with Crippen LogP contribution in [0.5, 0.6) is 11.5 Å². The second kappa shape index (κ2) is 8.26. The van der Waals surface area contributed by atoms with Crippen LogP contribution in [-0.4, -0.2) is 59.6 Å². The molecule has 1 fully saturated rings. The number of nitrogens with zero attached hydrogens (tertiary/aromatic N) is 1. The third-order valence-electron chi connectivity index (χ3n) is 5.60. The number of hydrogen-bond donors (Lipinski definition) is 3. The molecule has 2 unspecified atom stereocenters. The number of amides is 4. The maximum atomic E-state index is 12.8. The highest BCUT2D eigenvalue weighted by Gasteiger charge is 2.39. The van der Waals surface area contributed by atoms with E-state index in [9.17, 15) is 14.4 Å². The fraction of sp³-hybridized carbons (Fsp3) is 0.261. The van der Waals surface area contributed by atoms with Crippen LogP contribution in [0.3, 0.4) is 0 Å². The van der Waals surface area contributed by atoms with E-state index in [2.05, 4.69) is 15.6 Å². The maximum Gasteiger partial charge on any atom is 0.325 e. The molecule has 0 bridgehead atoms. The Bertz CT molecular complexity index is 1190. The minimum absolute atomic E-state index is 0.204. The van der Waals surface area contributed by atoms with Crippen LogP contribution in [0.15, 0.2) is 54.7 Å². The van der Waals surface area contributed by atoms with Gasteiger partial charge in [-0.25, -0.2) is 4.79 Å². The van der Waals surface area contributed by atoms with Gasteiger partial charge < -0.3 is 25.1 Å². The fourth-order valence-corrected chi connectivity index (χ4v) is 3.98. The number of carbonyl (C=O) groups excluding carboxylic acids is 3. The Morgan fingerprint density at radius 2 is 1.88 bits per heavy atom. The summed E-state index contributed by atoms with van der Waals surface area (Å²) in [6, 6.07) is 13.8. The molecule has 2 aromatic carbocycles. The van der Waals surface area contributed by atoms with Crippen molar-refractivity contribution in [1.82, 2.24) is 20.5 Å². The van der Waals surface area contributed by atoms with Crippen LogP contribution in [0.25, 0.3) is 10.9 Å². The number of ether oxygens (including phenoxy) is 2. The molecule has 3 heterocycles. The third kappa shape index (κ3) is 3.84. The highest BCUT2D eigenvalue weighted by atomic mass is 16.6. The lowest BCUT2D eigenvalue weighted by Gasteiger charge is -2.26. The molecule has 1 aromatic heterocycles. The molecule has 0 saturated carbocycles. The van der Waals surface area contributed by atoms with Gasteiger partial charge in [0.1, 0.15) is 25.3 Å². The van der Waals surface area contributed by atoms with E-state index in [0.29, 0.717) is 24.5 Å². The monoisotopic (exact) mass is 434 g/mol. The molecular formula is C23H22N4O5. The van der Waals surface area contributed by atoms with Gasteiger partial charge in [-0.05, 0) is 23.8 Å². The number of aromatic amines is 1. The van der Waals surface area contributed by atoms with Crippen LogP contribution in [-0.2, 0) is 16.0 Å². The van der Waals surface area contributed by atoms with Crippen LogP contribution in [0.2, 0.25) is 0 Å². The zero-order valence-electron chi connectivity index (χ0n) is 17.2. The number of rotatable bonds is 6. The Labute approximate surface area is 183 Å².